The lowest BCUT2D eigenvalue weighted by Gasteiger charge is -2.08. The molecule has 0 unspecified atom stereocenters. The maximum absolute atomic E-state index is 5.71. The Balaban J connectivity index is 2.60. The SMILES string of the molecule is CCCc1ccc(N=C(N)CCl)c2ccccc12. The molecule has 0 aromatic heterocycles. The standard InChI is InChI=1S/C15H17ClN2/c1-2-5-11-8-9-14(18-15(17)10-16)13-7-4-3-6-12(11)13/h3-4,6-9H,2,5,10H2,1H3,(H2,17,18). The second kappa shape index (κ2) is 5.87. The molecule has 2 aromatic carbocycles. The quantitative estimate of drug-likeness (QED) is 0.503. The molecule has 0 spiro atoms. The van der Waals surface area contributed by atoms with Crippen molar-refractivity contribution in [1.29, 1.82) is 0 Å². The fraction of sp³-hybridized carbons (Fsp3) is 0.267. The van der Waals surface area contributed by atoms with Gasteiger partial charge in [-0.3, -0.25) is 0 Å². The molecule has 0 heterocycles. The van der Waals surface area contributed by atoms with E-state index < -0.39 is 0 Å². The van der Waals surface area contributed by atoms with Gasteiger partial charge in [-0.15, -0.1) is 11.6 Å². The first kappa shape index (κ1) is 12.9. The fourth-order valence-corrected chi connectivity index (χ4v) is 2.17. The number of halogens is 1. The van der Waals surface area contributed by atoms with E-state index >= 15 is 0 Å². The van der Waals surface area contributed by atoms with Gasteiger partial charge in [0.1, 0.15) is 5.84 Å². The van der Waals surface area contributed by atoms with Crippen LogP contribution in [-0.2, 0) is 6.42 Å². The highest BCUT2D eigenvalue weighted by molar-refractivity contribution is 6.28. The maximum atomic E-state index is 5.71. The minimum Gasteiger partial charge on any atom is -0.386 e. The summed E-state index contributed by atoms with van der Waals surface area (Å²) < 4.78 is 0. The molecule has 2 aromatic rings. The van der Waals surface area contributed by atoms with Crippen molar-refractivity contribution in [3.05, 3.63) is 42.0 Å². The first-order chi connectivity index (χ1) is 8.76. The third-order valence-corrected chi connectivity index (χ3v) is 3.19. The Kier molecular flexibility index (Phi) is 4.21. The second-order valence-electron chi connectivity index (χ2n) is 4.28. The molecule has 0 saturated carbocycles. The molecule has 18 heavy (non-hydrogen) atoms. The third-order valence-electron chi connectivity index (χ3n) is 2.91. The molecule has 0 radical (unpaired) electrons. The molecule has 2 rings (SSSR count). The molecule has 2 nitrogen and oxygen atoms in total. The Hall–Kier alpha value is -1.54. The van der Waals surface area contributed by atoms with Crippen molar-refractivity contribution in [2.24, 2.45) is 10.7 Å². The van der Waals surface area contributed by atoms with Crippen LogP contribution in [0.15, 0.2) is 41.4 Å². The van der Waals surface area contributed by atoms with E-state index in [0.717, 1.165) is 23.9 Å². The molecule has 2 N–H and O–H groups in total. The van der Waals surface area contributed by atoms with Crippen LogP contribution in [0.2, 0.25) is 0 Å². The lowest BCUT2D eigenvalue weighted by Crippen LogP contribution is -2.12. The van der Waals surface area contributed by atoms with Gasteiger partial charge in [0.05, 0.1) is 11.6 Å². The van der Waals surface area contributed by atoms with Gasteiger partial charge in [0.2, 0.25) is 0 Å². The van der Waals surface area contributed by atoms with Crippen molar-refractivity contribution >= 4 is 33.9 Å². The molecule has 0 amide bonds. The third kappa shape index (κ3) is 2.65. The molecule has 94 valence electrons. The van der Waals surface area contributed by atoms with Crippen LogP contribution in [0.3, 0.4) is 0 Å². The molecular formula is C15H17ClN2. The van der Waals surface area contributed by atoms with Crippen molar-refractivity contribution in [2.45, 2.75) is 19.8 Å². The highest BCUT2D eigenvalue weighted by Gasteiger charge is 2.04. The topological polar surface area (TPSA) is 38.4 Å². The van der Waals surface area contributed by atoms with Crippen LogP contribution in [0.5, 0.6) is 0 Å². The normalized spacial score (nSPS) is 12.0. The molecule has 0 aliphatic rings. The van der Waals surface area contributed by atoms with Gasteiger partial charge in [0, 0.05) is 5.39 Å². The van der Waals surface area contributed by atoms with Gasteiger partial charge < -0.3 is 5.73 Å². The molecular weight excluding hydrogens is 244 g/mol. The zero-order chi connectivity index (χ0) is 13.0. The smallest absolute Gasteiger partial charge is 0.115 e. The number of aliphatic imine (C=N–C) groups is 1. The summed E-state index contributed by atoms with van der Waals surface area (Å²) in [5.74, 6) is 0.704. The van der Waals surface area contributed by atoms with Crippen molar-refractivity contribution in [2.75, 3.05) is 5.88 Å². The maximum Gasteiger partial charge on any atom is 0.115 e. The van der Waals surface area contributed by atoms with Gasteiger partial charge in [-0.1, -0.05) is 43.7 Å². The number of fused-ring (bicyclic) bond motifs is 1. The van der Waals surface area contributed by atoms with Crippen molar-refractivity contribution in [3.8, 4) is 0 Å². The molecule has 0 aliphatic heterocycles. The summed E-state index contributed by atoms with van der Waals surface area (Å²) in [7, 11) is 0. The number of amidine groups is 1. The lowest BCUT2D eigenvalue weighted by atomic mass is 10.00. The molecule has 0 bridgehead atoms. The molecule has 0 saturated heterocycles. The van der Waals surface area contributed by atoms with Crippen LogP contribution in [0.1, 0.15) is 18.9 Å². The number of nitrogens with two attached hydrogens (primary N) is 1. The van der Waals surface area contributed by atoms with E-state index in [2.05, 4.69) is 36.2 Å². The average Bonchev–Trinajstić information content (AvgIpc) is 2.41. The monoisotopic (exact) mass is 260 g/mol. The predicted molar refractivity (Wildman–Crippen MR) is 79.9 cm³/mol. The summed E-state index contributed by atoms with van der Waals surface area (Å²) in [5, 5.41) is 2.39. The van der Waals surface area contributed by atoms with E-state index in [4.69, 9.17) is 17.3 Å². The number of benzene rings is 2. The summed E-state index contributed by atoms with van der Waals surface area (Å²) in [6.07, 6.45) is 2.21. The Morgan fingerprint density at radius 1 is 1.17 bits per heavy atom. The van der Waals surface area contributed by atoms with Gasteiger partial charge >= 0.3 is 0 Å². The van der Waals surface area contributed by atoms with Crippen LogP contribution in [0.4, 0.5) is 5.69 Å². The first-order valence-corrected chi connectivity index (χ1v) is 6.69. The van der Waals surface area contributed by atoms with Crippen LogP contribution >= 0.6 is 11.6 Å². The number of nitrogens with zero attached hydrogens (tertiary/aromatic N) is 1. The number of hydrogen-bond acceptors (Lipinski definition) is 1. The summed E-state index contributed by atoms with van der Waals surface area (Å²) >= 11 is 5.68. The van der Waals surface area contributed by atoms with Crippen molar-refractivity contribution in [3.63, 3.8) is 0 Å². The van der Waals surface area contributed by atoms with Crippen LogP contribution < -0.4 is 5.73 Å². The Labute approximate surface area is 112 Å². The summed E-state index contributed by atoms with van der Waals surface area (Å²) in [5.41, 5.74) is 7.96. The zero-order valence-electron chi connectivity index (χ0n) is 10.5. The minimum atomic E-state index is 0.255. The lowest BCUT2D eigenvalue weighted by molar-refractivity contribution is 0.929. The van der Waals surface area contributed by atoms with Crippen molar-refractivity contribution < 1.29 is 0 Å². The molecule has 0 fully saturated rings. The number of aryl methyl sites for hydroxylation is 1. The second-order valence-corrected chi connectivity index (χ2v) is 4.54. The molecule has 0 atom stereocenters. The van der Waals surface area contributed by atoms with Crippen LogP contribution in [-0.4, -0.2) is 11.7 Å². The van der Waals surface area contributed by atoms with E-state index in [1.165, 1.54) is 10.9 Å². The predicted octanol–water partition coefficient (Wildman–Crippen LogP) is 4.02. The number of rotatable bonds is 4. The van der Waals surface area contributed by atoms with Crippen LogP contribution in [0.25, 0.3) is 10.8 Å². The largest absolute Gasteiger partial charge is 0.386 e. The minimum absolute atomic E-state index is 0.255. The highest BCUT2D eigenvalue weighted by Crippen LogP contribution is 2.29. The van der Waals surface area contributed by atoms with Gasteiger partial charge in [0.25, 0.3) is 0 Å². The zero-order valence-corrected chi connectivity index (χ0v) is 11.2. The first-order valence-electron chi connectivity index (χ1n) is 6.16. The summed E-state index contributed by atoms with van der Waals surface area (Å²) in [6, 6.07) is 12.4. The Morgan fingerprint density at radius 2 is 1.89 bits per heavy atom. The van der Waals surface area contributed by atoms with Gasteiger partial charge in [-0.05, 0) is 23.4 Å². The van der Waals surface area contributed by atoms with Gasteiger partial charge in [0.15, 0.2) is 0 Å². The van der Waals surface area contributed by atoms with E-state index in [1.54, 1.807) is 0 Å². The number of hydrogen-bond donors (Lipinski definition) is 1. The highest BCUT2D eigenvalue weighted by atomic mass is 35.5. The number of alkyl halides is 1. The molecule has 0 aliphatic carbocycles. The molecule has 3 heteroatoms. The van der Waals surface area contributed by atoms with Crippen molar-refractivity contribution in [1.82, 2.24) is 0 Å². The van der Waals surface area contributed by atoms with E-state index in [9.17, 15) is 0 Å². The average molecular weight is 261 g/mol. The van der Waals surface area contributed by atoms with E-state index in [-0.39, 0.29) is 5.88 Å². The Morgan fingerprint density at radius 3 is 2.56 bits per heavy atom. The summed E-state index contributed by atoms with van der Waals surface area (Å²) in [4.78, 5) is 4.37. The Bertz CT molecular complexity index is 576. The fourth-order valence-electron chi connectivity index (χ4n) is 2.12. The summed E-state index contributed by atoms with van der Waals surface area (Å²) in [6.45, 7) is 2.19. The van der Waals surface area contributed by atoms with Gasteiger partial charge in [-0.25, -0.2) is 4.99 Å². The van der Waals surface area contributed by atoms with E-state index in [0.29, 0.717) is 5.84 Å². The van der Waals surface area contributed by atoms with E-state index in [1.807, 2.05) is 12.1 Å². The van der Waals surface area contributed by atoms with Gasteiger partial charge in [-0.2, -0.15) is 0 Å². The van der Waals surface area contributed by atoms with Crippen LogP contribution in [0, 0.1) is 0 Å².